The maximum absolute atomic E-state index is 12.0. The molecular weight excluding hydrogens is 364 g/mol. The van der Waals surface area contributed by atoms with Crippen LogP contribution in [0.4, 0.5) is 0 Å². The fourth-order valence-electron chi connectivity index (χ4n) is 1.56. The number of benzene rings is 1. The van der Waals surface area contributed by atoms with Crippen LogP contribution in [0, 0.1) is 0 Å². The van der Waals surface area contributed by atoms with Gasteiger partial charge in [0.15, 0.2) is 15.6 Å². The summed E-state index contributed by atoms with van der Waals surface area (Å²) in [6, 6.07) is 4.49. The van der Waals surface area contributed by atoms with Gasteiger partial charge in [0, 0.05) is 5.56 Å². The summed E-state index contributed by atoms with van der Waals surface area (Å²) >= 11 is 3.22. The summed E-state index contributed by atoms with van der Waals surface area (Å²) in [7, 11) is -2.37. The summed E-state index contributed by atoms with van der Waals surface area (Å²) in [6.07, 6.45) is 0. The molecule has 0 radical (unpaired) electrons. The summed E-state index contributed by atoms with van der Waals surface area (Å²) in [5.41, 5.74) is 0.218. The van der Waals surface area contributed by atoms with Gasteiger partial charge in [-0.3, -0.25) is 9.59 Å². The van der Waals surface area contributed by atoms with E-state index in [9.17, 15) is 18.0 Å². The van der Waals surface area contributed by atoms with Crippen molar-refractivity contribution >= 4 is 37.5 Å². The van der Waals surface area contributed by atoms with Crippen LogP contribution in [-0.4, -0.2) is 45.4 Å². The number of hydrogen-bond donors (Lipinski definition) is 0. The lowest BCUT2D eigenvalue weighted by atomic mass is 10.1. The van der Waals surface area contributed by atoms with Crippen molar-refractivity contribution < 1.29 is 27.5 Å². The van der Waals surface area contributed by atoms with Crippen molar-refractivity contribution in [1.82, 2.24) is 0 Å². The summed E-state index contributed by atoms with van der Waals surface area (Å²) in [5, 5.41) is 0. The van der Waals surface area contributed by atoms with Gasteiger partial charge in [0.1, 0.15) is 17.3 Å². The SMILES string of the molecule is CCOC(=O)CS(=O)(=O)CC(=O)c1ccc(OC)c(Br)c1. The summed E-state index contributed by atoms with van der Waals surface area (Å²) in [4.78, 5) is 23.1. The molecule has 6 nitrogen and oxygen atoms in total. The van der Waals surface area contributed by atoms with Gasteiger partial charge in [-0.15, -0.1) is 0 Å². The maximum Gasteiger partial charge on any atom is 0.321 e. The number of carbonyl (C=O) groups excluding carboxylic acids is 2. The molecule has 1 aromatic rings. The lowest BCUT2D eigenvalue weighted by Crippen LogP contribution is -2.25. The van der Waals surface area contributed by atoms with E-state index in [0.717, 1.165) is 0 Å². The molecule has 8 heteroatoms. The van der Waals surface area contributed by atoms with Crippen molar-refractivity contribution in [1.29, 1.82) is 0 Å². The van der Waals surface area contributed by atoms with E-state index in [-0.39, 0.29) is 12.2 Å². The number of ether oxygens (including phenoxy) is 2. The maximum atomic E-state index is 12.0. The van der Waals surface area contributed by atoms with E-state index in [1.165, 1.54) is 19.2 Å². The van der Waals surface area contributed by atoms with Gasteiger partial charge in [-0.25, -0.2) is 8.42 Å². The van der Waals surface area contributed by atoms with Crippen LogP contribution in [0.1, 0.15) is 17.3 Å². The van der Waals surface area contributed by atoms with Gasteiger partial charge in [-0.2, -0.15) is 0 Å². The Morgan fingerprint density at radius 3 is 2.43 bits per heavy atom. The standard InChI is InChI=1S/C13H15BrO6S/c1-3-20-13(16)8-21(17,18)7-11(15)9-4-5-12(19-2)10(14)6-9/h4-6H,3,7-8H2,1-2H3. The number of sulfone groups is 1. The molecule has 0 atom stereocenters. The van der Waals surface area contributed by atoms with E-state index < -0.39 is 33.1 Å². The Bertz CT molecular complexity index is 638. The first-order valence-corrected chi connectivity index (χ1v) is 8.63. The highest BCUT2D eigenvalue weighted by Crippen LogP contribution is 2.25. The van der Waals surface area contributed by atoms with E-state index in [0.29, 0.717) is 10.2 Å². The van der Waals surface area contributed by atoms with E-state index >= 15 is 0 Å². The van der Waals surface area contributed by atoms with E-state index in [1.54, 1.807) is 13.0 Å². The van der Waals surface area contributed by atoms with Crippen LogP contribution < -0.4 is 4.74 Å². The third kappa shape index (κ3) is 5.47. The molecule has 0 spiro atoms. The normalized spacial score (nSPS) is 11.0. The number of hydrogen-bond acceptors (Lipinski definition) is 6. The molecule has 1 rings (SSSR count). The zero-order valence-electron chi connectivity index (χ0n) is 11.6. The number of esters is 1. The minimum absolute atomic E-state index is 0.0910. The van der Waals surface area contributed by atoms with Crippen LogP contribution in [0.2, 0.25) is 0 Å². The monoisotopic (exact) mass is 378 g/mol. The molecule has 0 aliphatic heterocycles. The van der Waals surface area contributed by atoms with Gasteiger partial charge >= 0.3 is 5.97 Å². The van der Waals surface area contributed by atoms with Crippen LogP contribution in [0.25, 0.3) is 0 Å². The molecule has 0 fully saturated rings. The van der Waals surface area contributed by atoms with E-state index in [2.05, 4.69) is 20.7 Å². The minimum Gasteiger partial charge on any atom is -0.496 e. The Balaban J connectivity index is 2.81. The summed E-state index contributed by atoms with van der Waals surface area (Å²) in [5.74, 6) is -2.47. The Morgan fingerprint density at radius 1 is 1.24 bits per heavy atom. The molecule has 0 unspecified atom stereocenters. The van der Waals surface area contributed by atoms with Gasteiger partial charge in [-0.05, 0) is 41.1 Å². The lowest BCUT2D eigenvalue weighted by molar-refractivity contribution is -0.139. The molecule has 0 saturated heterocycles. The molecule has 0 amide bonds. The van der Waals surface area contributed by atoms with Crippen molar-refractivity contribution in [2.45, 2.75) is 6.92 Å². The van der Waals surface area contributed by atoms with Crippen molar-refractivity contribution in [3.8, 4) is 5.75 Å². The average Bonchev–Trinajstić information content (AvgIpc) is 2.37. The zero-order valence-corrected chi connectivity index (χ0v) is 14.0. The second-order valence-electron chi connectivity index (χ2n) is 4.11. The zero-order chi connectivity index (χ0) is 16.0. The number of carbonyl (C=O) groups is 2. The molecule has 116 valence electrons. The summed E-state index contributed by atoms with van der Waals surface area (Å²) < 4.78 is 33.6. The Kier molecular flexibility index (Phi) is 6.35. The van der Waals surface area contributed by atoms with Crippen molar-refractivity contribution in [3.05, 3.63) is 28.2 Å². The molecule has 0 bridgehead atoms. The molecular formula is C13H15BrO6S. The quantitative estimate of drug-likeness (QED) is 0.529. The molecule has 0 heterocycles. The second-order valence-corrected chi connectivity index (χ2v) is 7.03. The first-order chi connectivity index (χ1) is 9.79. The Morgan fingerprint density at radius 2 is 1.90 bits per heavy atom. The smallest absolute Gasteiger partial charge is 0.321 e. The highest BCUT2D eigenvalue weighted by atomic mass is 79.9. The van der Waals surface area contributed by atoms with Gasteiger partial charge in [-0.1, -0.05) is 0 Å². The fraction of sp³-hybridized carbons (Fsp3) is 0.385. The highest BCUT2D eigenvalue weighted by molar-refractivity contribution is 9.10. The molecule has 0 aromatic heterocycles. The topological polar surface area (TPSA) is 86.7 Å². The first-order valence-electron chi connectivity index (χ1n) is 6.02. The van der Waals surface area contributed by atoms with Gasteiger partial charge < -0.3 is 9.47 Å². The van der Waals surface area contributed by atoms with Gasteiger partial charge in [0.05, 0.1) is 18.2 Å². The Hall–Kier alpha value is -1.41. The predicted octanol–water partition coefficient (Wildman–Crippen LogP) is 1.62. The van der Waals surface area contributed by atoms with Crippen molar-refractivity contribution in [2.75, 3.05) is 25.2 Å². The lowest BCUT2D eigenvalue weighted by Gasteiger charge is -2.06. The van der Waals surface area contributed by atoms with Crippen LogP contribution in [0.15, 0.2) is 22.7 Å². The molecule has 0 aliphatic carbocycles. The largest absolute Gasteiger partial charge is 0.496 e. The predicted molar refractivity (Wildman–Crippen MR) is 80.3 cm³/mol. The molecule has 1 aromatic carbocycles. The average molecular weight is 379 g/mol. The Labute approximate surface area is 131 Å². The number of ketones is 1. The number of methoxy groups -OCH3 is 1. The van der Waals surface area contributed by atoms with Crippen molar-refractivity contribution in [3.63, 3.8) is 0 Å². The van der Waals surface area contributed by atoms with Crippen LogP contribution in [0.5, 0.6) is 5.75 Å². The van der Waals surface area contributed by atoms with Crippen LogP contribution >= 0.6 is 15.9 Å². The van der Waals surface area contributed by atoms with Crippen molar-refractivity contribution in [2.24, 2.45) is 0 Å². The third-order valence-electron chi connectivity index (χ3n) is 2.47. The summed E-state index contributed by atoms with van der Waals surface area (Å²) in [6.45, 7) is 1.66. The van der Waals surface area contributed by atoms with E-state index in [4.69, 9.17) is 4.74 Å². The number of Topliss-reactive ketones (excluding diaryl/α,β-unsaturated/α-hetero) is 1. The number of rotatable bonds is 7. The third-order valence-corrected chi connectivity index (χ3v) is 4.47. The van der Waals surface area contributed by atoms with E-state index in [1.807, 2.05) is 0 Å². The van der Waals surface area contributed by atoms with Gasteiger partial charge in [0.25, 0.3) is 0 Å². The number of halogens is 1. The fourth-order valence-corrected chi connectivity index (χ4v) is 3.21. The van der Waals surface area contributed by atoms with Crippen LogP contribution in [-0.2, 0) is 19.4 Å². The van der Waals surface area contributed by atoms with Crippen LogP contribution in [0.3, 0.4) is 0 Å². The molecule has 0 aliphatic rings. The second kappa shape index (κ2) is 7.56. The molecule has 21 heavy (non-hydrogen) atoms. The highest BCUT2D eigenvalue weighted by Gasteiger charge is 2.22. The molecule has 0 N–H and O–H groups in total. The van der Waals surface area contributed by atoms with Gasteiger partial charge in [0.2, 0.25) is 0 Å². The molecule has 0 saturated carbocycles. The minimum atomic E-state index is -3.85. The first kappa shape index (κ1) is 17.6.